The van der Waals surface area contributed by atoms with Gasteiger partial charge in [0.05, 0.1) is 29.4 Å². The van der Waals surface area contributed by atoms with Crippen LogP contribution in [0.2, 0.25) is 0 Å². The van der Waals surface area contributed by atoms with E-state index in [1.54, 1.807) is 75.6 Å². The van der Waals surface area contributed by atoms with Crippen LogP contribution < -0.4 is 10.6 Å². The van der Waals surface area contributed by atoms with E-state index in [0.717, 1.165) is 0 Å². The van der Waals surface area contributed by atoms with E-state index in [9.17, 15) is 19.2 Å². The number of carbonyl (C=O) groups excluding carboxylic acids is 4. The Bertz CT molecular complexity index is 2030. The van der Waals surface area contributed by atoms with Crippen LogP contribution in [0, 0.1) is 17.8 Å². The molecule has 14 nitrogen and oxygen atoms in total. The fraction of sp³-hybridized carbons (Fsp3) is 0.400. The molecule has 0 bridgehead atoms. The summed E-state index contributed by atoms with van der Waals surface area (Å²) in [6.45, 7) is 10.8. The normalized spacial score (nSPS) is 19.6. The number of fused-ring (bicyclic) bond motifs is 2. The van der Waals surface area contributed by atoms with E-state index in [0.29, 0.717) is 63.4 Å². The van der Waals surface area contributed by atoms with Gasteiger partial charge in [-0.1, -0.05) is 12.1 Å². The molecule has 1 saturated heterocycles. The standard InChI is InChI=1S/C35H38BrN9O5/c1-7-34(4,5)33(49)40-18-35-11-25(32(48)42-31-21(17-50-6)8-9-28(36)41-31)45(27(35)12-35)29(47)16-44-26-15-39-24(22-13-37-20(3)38-14-22)10-23(26)30(43-44)19(2)46/h7-10,13-15,25,27H,1,11-12,16-18H2,2-6H3,(H,40,49)(H,41,42,48)/t25-,27+,35-/m0/s1. The molecule has 0 radical (unpaired) electrons. The number of rotatable bonds is 12. The third-order valence-electron chi connectivity index (χ3n) is 9.52. The molecule has 4 aromatic rings. The first kappa shape index (κ1) is 35.0. The van der Waals surface area contributed by atoms with Crippen molar-refractivity contribution in [1.29, 1.82) is 0 Å². The molecule has 2 N–H and O–H groups in total. The second kappa shape index (κ2) is 13.4. The fourth-order valence-electron chi connectivity index (χ4n) is 6.43. The Morgan fingerprint density at radius 3 is 2.56 bits per heavy atom. The molecular weight excluding hydrogens is 706 g/mol. The Morgan fingerprint density at radius 2 is 1.88 bits per heavy atom. The Hall–Kier alpha value is -4.89. The maximum Gasteiger partial charge on any atom is 0.248 e. The Balaban J connectivity index is 1.31. The van der Waals surface area contributed by atoms with E-state index in [1.807, 2.05) is 0 Å². The summed E-state index contributed by atoms with van der Waals surface area (Å²) >= 11 is 3.37. The van der Waals surface area contributed by atoms with Gasteiger partial charge in [-0.2, -0.15) is 5.10 Å². The predicted octanol–water partition coefficient (Wildman–Crippen LogP) is 4.03. The molecule has 6 rings (SSSR count). The van der Waals surface area contributed by atoms with Gasteiger partial charge in [0.2, 0.25) is 17.7 Å². The molecule has 4 aromatic heterocycles. The van der Waals surface area contributed by atoms with Gasteiger partial charge in [0, 0.05) is 60.9 Å². The van der Waals surface area contributed by atoms with E-state index in [2.05, 4.69) is 58.2 Å². The lowest BCUT2D eigenvalue weighted by Crippen LogP contribution is -2.47. The maximum atomic E-state index is 14.3. The van der Waals surface area contributed by atoms with E-state index in [1.165, 1.54) is 11.6 Å². The van der Waals surface area contributed by atoms with Crippen molar-refractivity contribution in [3.63, 3.8) is 0 Å². The van der Waals surface area contributed by atoms with Gasteiger partial charge in [-0.25, -0.2) is 15.0 Å². The molecule has 0 aromatic carbocycles. The fourth-order valence-corrected chi connectivity index (χ4v) is 6.74. The Labute approximate surface area is 297 Å². The summed E-state index contributed by atoms with van der Waals surface area (Å²) in [5.41, 5.74) is 1.30. The van der Waals surface area contributed by atoms with Gasteiger partial charge in [0.1, 0.15) is 34.5 Å². The van der Waals surface area contributed by atoms with Crippen molar-refractivity contribution in [1.82, 2.24) is 39.9 Å². The smallest absolute Gasteiger partial charge is 0.248 e. The van der Waals surface area contributed by atoms with Gasteiger partial charge in [0.25, 0.3) is 0 Å². The number of hydrogen-bond donors (Lipinski definition) is 2. The highest BCUT2D eigenvalue weighted by molar-refractivity contribution is 9.10. The van der Waals surface area contributed by atoms with Crippen LogP contribution in [0.4, 0.5) is 5.82 Å². The third kappa shape index (κ3) is 6.66. The number of carbonyl (C=O) groups is 4. The summed E-state index contributed by atoms with van der Waals surface area (Å²) < 4.78 is 7.28. The number of Topliss-reactive ketones (excluding diaryl/α,β-unsaturated/α-hetero) is 1. The average Bonchev–Trinajstić information content (AvgIpc) is 3.50. The van der Waals surface area contributed by atoms with Gasteiger partial charge in [0.15, 0.2) is 5.78 Å². The van der Waals surface area contributed by atoms with E-state index in [-0.39, 0.29) is 42.5 Å². The maximum absolute atomic E-state index is 14.3. The van der Waals surface area contributed by atoms with Gasteiger partial charge in [-0.3, -0.25) is 28.8 Å². The van der Waals surface area contributed by atoms with Crippen LogP contribution >= 0.6 is 15.9 Å². The SMILES string of the molecule is C=CC(C)(C)C(=O)NC[C@@]12C[C@@H](C(=O)Nc3nc(Br)ccc3COC)N(C(=O)Cn3nc(C(C)=O)c4cc(-c5cnc(C)nc5)ncc43)[C@@H]1C2. The number of anilines is 1. The molecule has 2 aliphatic rings. The number of nitrogens with one attached hydrogen (secondary N) is 2. The molecule has 2 fully saturated rings. The zero-order valence-corrected chi connectivity index (χ0v) is 30.1. The number of methoxy groups -OCH3 is 1. The van der Waals surface area contributed by atoms with Crippen LogP contribution in [-0.4, -0.2) is 83.9 Å². The number of pyridine rings is 2. The number of halogens is 1. The minimum atomic E-state index is -0.859. The topological polar surface area (TPSA) is 174 Å². The number of aromatic nitrogens is 6. The van der Waals surface area contributed by atoms with Gasteiger partial charge in [-0.15, -0.1) is 6.58 Å². The molecule has 3 amide bonds. The number of aryl methyl sites for hydroxylation is 1. The van der Waals surface area contributed by atoms with E-state index < -0.39 is 22.8 Å². The molecule has 1 aliphatic carbocycles. The lowest BCUT2D eigenvalue weighted by atomic mass is 9.92. The number of piperidine rings is 1. The lowest BCUT2D eigenvalue weighted by molar-refractivity contribution is -0.138. The van der Waals surface area contributed by atoms with Crippen molar-refractivity contribution in [3.8, 4) is 11.3 Å². The van der Waals surface area contributed by atoms with Crippen molar-refractivity contribution in [2.24, 2.45) is 10.8 Å². The third-order valence-corrected chi connectivity index (χ3v) is 9.97. The van der Waals surface area contributed by atoms with Crippen molar-refractivity contribution in [2.75, 3.05) is 19.0 Å². The minimum absolute atomic E-state index is 0.190. The number of ketones is 1. The highest BCUT2D eigenvalue weighted by Crippen LogP contribution is 2.59. The number of nitrogens with zero attached hydrogens (tertiary/aromatic N) is 7. The Kier molecular flexibility index (Phi) is 9.39. The lowest BCUT2D eigenvalue weighted by Gasteiger charge is -2.27. The van der Waals surface area contributed by atoms with E-state index in [4.69, 9.17) is 4.74 Å². The molecule has 15 heteroatoms. The molecule has 1 aliphatic heterocycles. The van der Waals surface area contributed by atoms with Gasteiger partial charge < -0.3 is 20.3 Å². The number of amides is 3. The second-order valence-electron chi connectivity index (χ2n) is 13.4. The molecular formula is C35H38BrN9O5. The average molecular weight is 745 g/mol. The monoisotopic (exact) mass is 743 g/mol. The van der Waals surface area contributed by atoms with Crippen LogP contribution in [0.15, 0.2) is 54.0 Å². The largest absolute Gasteiger partial charge is 0.380 e. The molecule has 260 valence electrons. The molecule has 1 saturated carbocycles. The van der Waals surface area contributed by atoms with Crippen molar-refractivity contribution >= 4 is 56.2 Å². The van der Waals surface area contributed by atoms with Crippen LogP contribution in [0.5, 0.6) is 0 Å². The zero-order valence-electron chi connectivity index (χ0n) is 28.5. The molecule has 5 heterocycles. The molecule has 50 heavy (non-hydrogen) atoms. The highest BCUT2D eigenvalue weighted by Gasteiger charge is 2.67. The highest BCUT2D eigenvalue weighted by atomic mass is 79.9. The number of ether oxygens (including phenoxy) is 1. The summed E-state index contributed by atoms with van der Waals surface area (Å²) in [6, 6.07) is 4.13. The first-order valence-corrected chi connectivity index (χ1v) is 16.9. The van der Waals surface area contributed by atoms with E-state index >= 15 is 0 Å². The first-order valence-electron chi connectivity index (χ1n) is 16.1. The summed E-state index contributed by atoms with van der Waals surface area (Å²) in [5.74, 6) is -0.298. The quantitative estimate of drug-likeness (QED) is 0.123. The van der Waals surface area contributed by atoms with Gasteiger partial charge in [-0.05, 0) is 61.7 Å². The summed E-state index contributed by atoms with van der Waals surface area (Å²) in [5, 5.41) is 11.0. The number of likely N-dealkylation sites (tertiary alicyclic amines) is 1. The van der Waals surface area contributed by atoms with Crippen LogP contribution in [0.25, 0.3) is 22.2 Å². The number of hydrogen-bond acceptors (Lipinski definition) is 10. The summed E-state index contributed by atoms with van der Waals surface area (Å²) in [7, 11) is 1.55. The first-order chi connectivity index (χ1) is 23.8. The van der Waals surface area contributed by atoms with Crippen molar-refractivity contribution in [2.45, 2.75) is 65.8 Å². The van der Waals surface area contributed by atoms with Crippen LogP contribution in [0.1, 0.15) is 55.5 Å². The van der Waals surface area contributed by atoms with Crippen molar-refractivity contribution in [3.05, 3.63) is 71.1 Å². The molecule has 0 spiro atoms. The van der Waals surface area contributed by atoms with Crippen molar-refractivity contribution < 1.29 is 23.9 Å². The van der Waals surface area contributed by atoms with Gasteiger partial charge >= 0.3 is 0 Å². The van der Waals surface area contributed by atoms with Crippen LogP contribution in [0.3, 0.4) is 0 Å². The molecule has 0 unspecified atom stereocenters. The summed E-state index contributed by atoms with van der Waals surface area (Å²) in [4.78, 5) is 73.0. The Morgan fingerprint density at radius 1 is 1.14 bits per heavy atom. The zero-order chi connectivity index (χ0) is 36.0. The molecule has 3 atom stereocenters. The van der Waals surface area contributed by atoms with Crippen LogP contribution in [-0.2, 0) is 32.3 Å². The predicted molar refractivity (Wildman–Crippen MR) is 188 cm³/mol. The minimum Gasteiger partial charge on any atom is -0.380 e. The second-order valence-corrected chi connectivity index (χ2v) is 14.3. The summed E-state index contributed by atoms with van der Waals surface area (Å²) in [6.07, 6.45) is 7.41.